The average molecular weight is 312 g/mol. The molecule has 1 saturated carbocycles. The Hall–Kier alpha value is -0.650. The fraction of sp³-hybridized carbons (Fsp3) is 0.941. The molecule has 1 saturated heterocycles. The topological polar surface area (TPSA) is 70.6 Å². The van der Waals surface area contributed by atoms with Gasteiger partial charge in [-0.05, 0) is 51.0 Å². The van der Waals surface area contributed by atoms with E-state index in [0.717, 1.165) is 32.6 Å². The van der Waals surface area contributed by atoms with E-state index in [2.05, 4.69) is 10.6 Å². The number of ether oxygens (including phenoxy) is 1. The summed E-state index contributed by atoms with van der Waals surface area (Å²) in [6.45, 7) is 5.08. The molecule has 5 heteroatoms. The SMILES string of the molecule is CC(NCC1CCOCC1)C(O)C(=O)NCC1CCCCC1. The highest BCUT2D eigenvalue weighted by atomic mass is 16.5. The van der Waals surface area contributed by atoms with Gasteiger partial charge in [-0.3, -0.25) is 4.79 Å². The van der Waals surface area contributed by atoms with Crippen molar-refractivity contribution in [3.05, 3.63) is 0 Å². The maximum absolute atomic E-state index is 12.1. The van der Waals surface area contributed by atoms with Crippen molar-refractivity contribution in [1.82, 2.24) is 10.6 Å². The number of hydrogen-bond acceptors (Lipinski definition) is 4. The molecule has 1 amide bonds. The summed E-state index contributed by atoms with van der Waals surface area (Å²) in [5, 5.41) is 16.4. The summed E-state index contributed by atoms with van der Waals surface area (Å²) in [7, 11) is 0. The molecule has 1 aliphatic heterocycles. The summed E-state index contributed by atoms with van der Waals surface area (Å²) in [5.74, 6) is 0.946. The molecule has 128 valence electrons. The van der Waals surface area contributed by atoms with Crippen LogP contribution in [-0.2, 0) is 9.53 Å². The summed E-state index contributed by atoms with van der Waals surface area (Å²) < 4.78 is 5.34. The standard InChI is InChI=1S/C17H32N2O3/c1-13(18-11-15-7-9-22-10-8-15)16(20)17(21)19-12-14-5-3-2-4-6-14/h13-16,18,20H,2-12H2,1H3,(H,19,21). The van der Waals surface area contributed by atoms with Gasteiger partial charge in [0.1, 0.15) is 6.10 Å². The van der Waals surface area contributed by atoms with Crippen molar-refractivity contribution in [3.8, 4) is 0 Å². The predicted octanol–water partition coefficient (Wildman–Crippen LogP) is 1.45. The van der Waals surface area contributed by atoms with Crippen LogP contribution in [0.15, 0.2) is 0 Å². The van der Waals surface area contributed by atoms with Crippen LogP contribution in [0.5, 0.6) is 0 Å². The summed E-state index contributed by atoms with van der Waals surface area (Å²) >= 11 is 0. The molecule has 0 bridgehead atoms. The lowest BCUT2D eigenvalue weighted by Gasteiger charge is -2.27. The van der Waals surface area contributed by atoms with Gasteiger partial charge in [-0.2, -0.15) is 0 Å². The molecule has 2 rings (SSSR count). The molecule has 0 radical (unpaired) electrons. The second-order valence-corrected chi connectivity index (χ2v) is 6.95. The highest BCUT2D eigenvalue weighted by molar-refractivity contribution is 5.81. The van der Waals surface area contributed by atoms with Crippen molar-refractivity contribution >= 4 is 5.91 Å². The van der Waals surface area contributed by atoms with E-state index in [-0.39, 0.29) is 11.9 Å². The maximum Gasteiger partial charge on any atom is 0.250 e. The fourth-order valence-electron chi connectivity index (χ4n) is 3.38. The van der Waals surface area contributed by atoms with E-state index in [1.54, 1.807) is 0 Å². The van der Waals surface area contributed by atoms with Crippen LogP contribution < -0.4 is 10.6 Å². The molecule has 0 aromatic heterocycles. The molecule has 2 aliphatic rings. The van der Waals surface area contributed by atoms with Gasteiger partial charge < -0.3 is 20.5 Å². The monoisotopic (exact) mass is 312 g/mol. The summed E-state index contributed by atoms with van der Waals surface area (Å²) in [4.78, 5) is 12.1. The van der Waals surface area contributed by atoms with Crippen molar-refractivity contribution in [3.63, 3.8) is 0 Å². The molecule has 3 N–H and O–H groups in total. The van der Waals surface area contributed by atoms with Gasteiger partial charge in [-0.25, -0.2) is 0 Å². The van der Waals surface area contributed by atoms with Crippen LogP contribution >= 0.6 is 0 Å². The van der Waals surface area contributed by atoms with Crippen LogP contribution in [0.3, 0.4) is 0 Å². The normalized spacial score (nSPS) is 23.9. The van der Waals surface area contributed by atoms with Gasteiger partial charge >= 0.3 is 0 Å². The van der Waals surface area contributed by atoms with Gasteiger partial charge in [0.25, 0.3) is 0 Å². The van der Waals surface area contributed by atoms with E-state index >= 15 is 0 Å². The first-order valence-electron chi connectivity index (χ1n) is 8.93. The molecule has 2 atom stereocenters. The van der Waals surface area contributed by atoms with Crippen LogP contribution in [-0.4, -0.2) is 49.5 Å². The van der Waals surface area contributed by atoms with E-state index in [0.29, 0.717) is 18.4 Å². The maximum atomic E-state index is 12.1. The average Bonchev–Trinajstić information content (AvgIpc) is 2.58. The third-order valence-corrected chi connectivity index (χ3v) is 5.10. The minimum absolute atomic E-state index is 0.214. The molecule has 22 heavy (non-hydrogen) atoms. The minimum atomic E-state index is -0.969. The Morgan fingerprint density at radius 1 is 1.09 bits per heavy atom. The van der Waals surface area contributed by atoms with Gasteiger partial charge in [-0.15, -0.1) is 0 Å². The van der Waals surface area contributed by atoms with E-state index in [1.165, 1.54) is 32.1 Å². The molecular formula is C17H32N2O3. The second kappa shape index (κ2) is 9.48. The molecule has 2 unspecified atom stereocenters. The van der Waals surface area contributed by atoms with Crippen LogP contribution in [0.4, 0.5) is 0 Å². The van der Waals surface area contributed by atoms with Crippen LogP contribution in [0.1, 0.15) is 51.9 Å². The lowest BCUT2D eigenvalue weighted by atomic mass is 9.89. The van der Waals surface area contributed by atoms with Gasteiger partial charge in [0.05, 0.1) is 0 Å². The van der Waals surface area contributed by atoms with Crippen molar-refractivity contribution in [2.45, 2.75) is 64.0 Å². The first kappa shape index (κ1) is 17.7. The number of nitrogens with one attached hydrogen (secondary N) is 2. The lowest BCUT2D eigenvalue weighted by Crippen LogP contribution is -2.49. The molecule has 0 aromatic rings. The molecule has 5 nitrogen and oxygen atoms in total. The largest absolute Gasteiger partial charge is 0.382 e. The third kappa shape index (κ3) is 5.86. The van der Waals surface area contributed by atoms with E-state index in [9.17, 15) is 9.90 Å². The zero-order valence-corrected chi connectivity index (χ0v) is 13.9. The highest BCUT2D eigenvalue weighted by Crippen LogP contribution is 2.22. The molecular weight excluding hydrogens is 280 g/mol. The van der Waals surface area contributed by atoms with E-state index in [1.807, 2.05) is 6.92 Å². The number of aliphatic hydroxyl groups excluding tert-OH is 1. The number of carbonyl (C=O) groups excluding carboxylic acids is 1. The van der Waals surface area contributed by atoms with Crippen molar-refractivity contribution in [2.75, 3.05) is 26.3 Å². The predicted molar refractivity (Wildman–Crippen MR) is 86.6 cm³/mol. The van der Waals surface area contributed by atoms with Crippen LogP contribution in [0, 0.1) is 11.8 Å². The Morgan fingerprint density at radius 3 is 2.41 bits per heavy atom. The summed E-state index contributed by atoms with van der Waals surface area (Å²) in [6, 6.07) is -0.214. The Bertz CT molecular complexity index is 326. The molecule has 0 spiro atoms. The van der Waals surface area contributed by atoms with E-state index < -0.39 is 6.10 Å². The number of hydrogen-bond donors (Lipinski definition) is 3. The van der Waals surface area contributed by atoms with E-state index in [4.69, 9.17) is 4.74 Å². The van der Waals surface area contributed by atoms with Crippen molar-refractivity contribution in [1.29, 1.82) is 0 Å². The summed E-state index contributed by atoms with van der Waals surface area (Å²) in [6.07, 6.45) is 7.41. The Balaban J connectivity index is 1.62. The smallest absolute Gasteiger partial charge is 0.250 e. The summed E-state index contributed by atoms with van der Waals surface area (Å²) in [5.41, 5.74) is 0. The van der Waals surface area contributed by atoms with Gasteiger partial charge in [0.15, 0.2) is 0 Å². The Morgan fingerprint density at radius 2 is 1.73 bits per heavy atom. The lowest BCUT2D eigenvalue weighted by molar-refractivity contribution is -0.130. The number of rotatable bonds is 7. The van der Waals surface area contributed by atoms with Crippen LogP contribution in [0.2, 0.25) is 0 Å². The van der Waals surface area contributed by atoms with Crippen molar-refractivity contribution in [2.24, 2.45) is 11.8 Å². The molecule has 1 aliphatic carbocycles. The molecule has 2 fully saturated rings. The second-order valence-electron chi connectivity index (χ2n) is 6.95. The van der Waals surface area contributed by atoms with Gasteiger partial charge in [-0.1, -0.05) is 19.3 Å². The minimum Gasteiger partial charge on any atom is -0.382 e. The number of carbonyl (C=O) groups is 1. The Labute approximate surface area is 134 Å². The van der Waals surface area contributed by atoms with Gasteiger partial charge in [0.2, 0.25) is 5.91 Å². The molecule has 0 aromatic carbocycles. The zero-order chi connectivity index (χ0) is 15.8. The number of amides is 1. The quantitative estimate of drug-likeness (QED) is 0.665. The van der Waals surface area contributed by atoms with Crippen molar-refractivity contribution < 1.29 is 14.6 Å². The third-order valence-electron chi connectivity index (χ3n) is 5.10. The highest BCUT2D eigenvalue weighted by Gasteiger charge is 2.24. The Kier molecular flexibility index (Phi) is 7.63. The first-order valence-corrected chi connectivity index (χ1v) is 8.93. The number of aliphatic hydroxyl groups is 1. The molecule has 1 heterocycles. The van der Waals surface area contributed by atoms with Crippen LogP contribution in [0.25, 0.3) is 0 Å². The first-order chi connectivity index (χ1) is 10.7. The zero-order valence-electron chi connectivity index (χ0n) is 13.9. The fourth-order valence-corrected chi connectivity index (χ4v) is 3.38. The van der Waals surface area contributed by atoms with Gasteiger partial charge in [0, 0.05) is 25.8 Å².